The van der Waals surface area contributed by atoms with Crippen molar-refractivity contribution in [3.8, 4) is 22.4 Å². The van der Waals surface area contributed by atoms with Gasteiger partial charge in [-0.25, -0.2) is 4.79 Å². The molecule has 39 heavy (non-hydrogen) atoms. The van der Waals surface area contributed by atoms with Crippen LogP contribution in [0.5, 0.6) is 0 Å². The third-order valence-corrected chi connectivity index (χ3v) is 6.64. The first kappa shape index (κ1) is 30.4. The molecule has 0 N–H and O–H groups in total. The van der Waals surface area contributed by atoms with Gasteiger partial charge in [0.25, 0.3) is 0 Å². The van der Waals surface area contributed by atoms with E-state index in [1.54, 1.807) is 12.1 Å². The van der Waals surface area contributed by atoms with E-state index in [2.05, 4.69) is 36.2 Å². The predicted molar refractivity (Wildman–Crippen MR) is 149 cm³/mol. The van der Waals surface area contributed by atoms with Crippen molar-refractivity contribution < 1.29 is 27.4 Å². The largest absolute Gasteiger partial charge is 0.462 e. The molecule has 210 valence electrons. The first-order valence-corrected chi connectivity index (χ1v) is 13.8. The summed E-state index contributed by atoms with van der Waals surface area (Å²) in [7, 11) is 0. The van der Waals surface area contributed by atoms with E-state index in [0.717, 1.165) is 42.1 Å². The van der Waals surface area contributed by atoms with Crippen LogP contribution >= 0.6 is 0 Å². The number of halogens is 3. The summed E-state index contributed by atoms with van der Waals surface area (Å²) >= 11 is 0. The number of hydrogen-bond donors (Lipinski definition) is 0. The van der Waals surface area contributed by atoms with E-state index >= 15 is 0 Å². The zero-order valence-corrected chi connectivity index (χ0v) is 22.8. The summed E-state index contributed by atoms with van der Waals surface area (Å²) in [5, 5.41) is 0. The predicted octanol–water partition coefficient (Wildman–Crippen LogP) is 8.83. The standard InChI is InChI=1S/C32H38F3NO3/c1-3-4-7-10-25-11-13-27(14-12-25)30-20-19-29(23-36-30)26-15-17-28(18-16-26)31(37)39-22-9-6-5-8-21-38-24(2)32(33,34)35/h11-20,23-24H,3-10,21-22H2,1-2H3. The highest BCUT2D eigenvalue weighted by atomic mass is 19.4. The summed E-state index contributed by atoms with van der Waals surface area (Å²) < 4.78 is 47.3. The second kappa shape index (κ2) is 15.4. The van der Waals surface area contributed by atoms with Gasteiger partial charge in [-0.3, -0.25) is 4.98 Å². The lowest BCUT2D eigenvalue weighted by atomic mass is 10.0. The van der Waals surface area contributed by atoms with Crippen LogP contribution < -0.4 is 0 Å². The van der Waals surface area contributed by atoms with Gasteiger partial charge in [-0.05, 0) is 68.4 Å². The minimum absolute atomic E-state index is 0.0668. The van der Waals surface area contributed by atoms with Crippen LogP contribution in [0.15, 0.2) is 66.9 Å². The quantitative estimate of drug-likeness (QED) is 0.142. The minimum Gasteiger partial charge on any atom is -0.462 e. The topological polar surface area (TPSA) is 48.4 Å². The molecule has 0 spiro atoms. The summed E-state index contributed by atoms with van der Waals surface area (Å²) in [5.41, 5.74) is 5.75. The van der Waals surface area contributed by atoms with Crippen LogP contribution in [0.1, 0.15) is 74.7 Å². The Morgan fingerprint density at radius 2 is 1.44 bits per heavy atom. The molecular formula is C32H38F3NO3. The van der Waals surface area contributed by atoms with Gasteiger partial charge in [0.1, 0.15) is 0 Å². The van der Waals surface area contributed by atoms with Crippen LogP contribution in [0.3, 0.4) is 0 Å². The number of carbonyl (C=O) groups excluding carboxylic acids is 1. The summed E-state index contributed by atoms with van der Waals surface area (Å²) in [4.78, 5) is 17.0. The molecule has 4 nitrogen and oxygen atoms in total. The Labute approximate surface area is 229 Å². The number of carbonyl (C=O) groups is 1. The number of aromatic nitrogens is 1. The first-order valence-electron chi connectivity index (χ1n) is 13.8. The fourth-order valence-corrected chi connectivity index (χ4v) is 4.12. The lowest BCUT2D eigenvalue weighted by Crippen LogP contribution is -2.28. The SMILES string of the molecule is CCCCCc1ccc(-c2ccc(-c3ccc(C(=O)OCCCCCCOC(C)C(F)(F)F)cc3)cn2)cc1. The lowest BCUT2D eigenvalue weighted by molar-refractivity contribution is -0.214. The number of benzene rings is 2. The van der Waals surface area contributed by atoms with Crippen LogP contribution in [-0.2, 0) is 15.9 Å². The van der Waals surface area contributed by atoms with E-state index in [9.17, 15) is 18.0 Å². The first-order chi connectivity index (χ1) is 18.8. The van der Waals surface area contributed by atoms with Crippen molar-refractivity contribution in [2.75, 3.05) is 13.2 Å². The van der Waals surface area contributed by atoms with Crippen molar-refractivity contribution in [2.24, 2.45) is 0 Å². The average Bonchev–Trinajstić information content (AvgIpc) is 2.94. The van der Waals surface area contributed by atoms with E-state index in [1.165, 1.54) is 24.8 Å². The lowest BCUT2D eigenvalue weighted by Gasteiger charge is -2.16. The number of pyridine rings is 1. The fourth-order valence-electron chi connectivity index (χ4n) is 4.12. The molecule has 1 heterocycles. The molecule has 1 atom stereocenters. The van der Waals surface area contributed by atoms with Crippen LogP contribution in [0, 0.1) is 0 Å². The third-order valence-electron chi connectivity index (χ3n) is 6.64. The Bertz CT molecular complexity index is 1130. The zero-order valence-electron chi connectivity index (χ0n) is 22.8. The molecule has 0 radical (unpaired) electrons. The minimum atomic E-state index is -4.33. The van der Waals surface area contributed by atoms with Crippen LogP contribution in [0.4, 0.5) is 13.2 Å². The number of alkyl halides is 3. The van der Waals surface area contributed by atoms with Gasteiger partial charge in [0.2, 0.25) is 0 Å². The maximum atomic E-state index is 12.4. The molecule has 1 aromatic heterocycles. The zero-order chi connectivity index (χ0) is 28.1. The Morgan fingerprint density at radius 3 is 2.05 bits per heavy atom. The van der Waals surface area contributed by atoms with Gasteiger partial charge >= 0.3 is 12.1 Å². The van der Waals surface area contributed by atoms with Gasteiger partial charge < -0.3 is 9.47 Å². The smallest absolute Gasteiger partial charge is 0.414 e. The van der Waals surface area contributed by atoms with Crippen molar-refractivity contribution in [1.82, 2.24) is 4.98 Å². The number of hydrogen-bond acceptors (Lipinski definition) is 4. The molecule has 7 heteroatoms. The number of aryl methyl sites for hydroxylation is 1. The molecule has 0 saturated carbocycles. The van der Waals surface area contributed by atoms with Gasteiger partial charge in [-0.2, -0.15) is 13.2 Å². The van der Waals surface area contributed by atoms with Crippen molar-refractivity contribution in [3.05, 3.63) is 78.0 Å². The van der Waals surface area contributed by atoms with E-state index in [0.29, 0.717) is 24.8 Å². The van der Waals surface area contributed by atoms with E-state index in [-0.39, 0.29) is 13.2 Å². The second-order valence-electron chi connectivity index (χ2n) is 9.77. The second-order valence-corrected chi connectivity index (χ2v) is 9.77. The molecule has 3 aromatic rings. The molecule has 2 aromatic carbocycles. The van der Waals surface area contributed by atoms with Crippen LogP contribution in [0.25, 0.3) is 22.4 Å². The van der Waals surface area contributed by atoms with E-state index in [4.69, 9.17) is 9.47 Å². The summed E-state index contributed by atoms with van der Waals surface area (Å²) in [6.07, 6.45) is 3.23. The number of nitrogens with zero attached hydrogens (tertiary/aromatic N) is 1. The average molecular weight is 542 g/mol. The number of rotatable bonds is 15. The Hall–Kier alpha value is -3.19. The monoisotopic (exact) mass is 541 g/mol. The maximum Gasteiger partial charge on any atom is 0.414 e. The van der Waals surface area contributed by atoms with Crippen LogP contribution in [0.2, 0.25) is 0 Å². The fraction of sp³-hybridized carbons (Fsp3) is 0.438. The number of ether oxygens (including phenoxy) is 2. The van der Waals surface area contributed by atoms with Crippen molar-refractivity contribution in [2.45, 2.75) is 77.5 Å². The van der Waals surface area contributed by atoms with Gasteiger partial charge in [0.15, 0.2) is 6.10 Å². The van der Waals surface area contributed by atoms with Crippen molar-refractivity contribution in [1.29, 1.82) is 0 Å². The molecule has 1 unspecified atom stereocenters. The molecule has 0 aliphatic carbocycles. The molecule has 0 bridgehead atoms. The van der Waals surface area contributed by atoms with Crippen molar-refractivity contribution >= 4 is 5.97 Å². The molecule has 0 fully saturated rings. The van der Waals surface area contributed by atoms with Gasteiger partial charge in [-0.15, -0.1) is 0 Å². The Balaban J connectivity index is 1.39. The van der Waals surface area contributed by atoms with Crippen molar-refractivity contribution in [3.63, 3.8) is 0 Å². The Morgan fingerprint density at radius 1 is 0.795 bits per heavy atom. The van der Waals surface area contributed by atoms with E-state index < -0.39 is 18.2 Å². The maximum absolute atomic E-state index is 12.4. The Kier molecular flexibility index (Phi) is 12.0. The van der Waals surface area contributed by atoms with Gasteiger partial charge in [0, 0.05) is 23.9 Å². The van der Waals surface area contributed by atoms with Crippen LogP contribution in [-0.4, -0.2) is 36.4 Å². The van der Waals surface area contributed by atoms with E-state index in [1.807, 2.05) is 30.5 Å². The third kappa shape index (κ3) is 10.1. The highest BCUT2D eigenvalue weighted by Gasteiger charge is 2.36. The molecule has 0 amide bonds. The summed E-state index contributed by atoms with van der Waals surface area (Å²) in [6.45, 7) is 3.56. The highest BCUT2D eigenvalue weighted by molar-refractivity contribution is 5.90. The molecule has 0 aliphatic rings. The normalized spacial score (nSPS) is 12.3. The molecular weight excluding hydrogens is 503 g/mol. The number of esters is 1. The molecule has 0 saturated heterocycles. The van der Waals surface area contributed by atoms with Gasteiger partial charge in [-0.1, -0.05) is 68.7 Å². The summed E-state index contributed by atoms with van der Waals surface area (Å²) in [5.74, 6) is -0.393. The molecule has 0 aliphatic heterocycles. The summed E-state index contributed by atoms with van der Waals surface area (Å²) in [6, 6.07) is 19.9. The van der Waals surface area contributed by atoms with Gasteiger partial charge in [0.05, 0.1) is 17.9 Å². The highest BCUT2D eigenvalue weighted by Crippen LogP contribution is 2.24. The molecule has 3 rings (SSSR count). The number of unbranched alkanes of at least 4 members (excludes halogenated alkanes) is 5.